The Kier molecular flexibility index (Phi) is 6.54. The number of halogens is 3. The molecule has 0 saturated heterocycles. The molecule has 0 N–H and O–H groups in total. The summed E-state index contributed by atoms with van der Waals surface area (Å²) in [4.78, 5) is 15.6. The van der Waals surface area contributed by atoms with Gasteiger partial charge in [-0.3, -0.25) is 0 Å². The van der Waals surface area contributed by atoms with E-state index in [1.54, 1.807) is 14.0 Å². The Bertz CT molecular complexity index is 1110. The van der Waals surface area contributed by atoms with E-state index in [9.17, 15) is 18.0 Å². The highest BCUT2D eigenvalue weighted by atomic mass is 19.4. The van der Waals surface area contributed by atoms with Crippen molar-refractivity contribution in [3.05, 3.63) is 52.8 Å². The quantitative estimate of drug-likeness (QED) is 0.505. The van der Waals surface area contributed by atoms with E-state index in [0.717, 1.165) is 23.0 Å². The Labute approximate surface area is 177 Å². The molecule has 166 valence electrons. The molecule has 31 heavy (non-hydrogen) atoms. The van der Waals surface area contributed by atoms with Gasteiger partial charge in [0.1, 0.15) is 12.1 Å². The molecule has 0 fully saturated rings. The van der Waals surface area contributed by atoms with E-state index in [-0.39, 0.29) is 18.2 Å². The first-order valence-electron chi connectivity index (χ1n) is 9.58. The number of methoxy groups -OCH3 is 1. The predicted octanol–water partition coefficient (Wildman–Crippen LogP) is 4.65. The molecule has 0 amide bonds. The van der Waals surface area contributed by atoms with Gasteiger partial charge < -0.3 is 18.8 Å². The summed E-state index contributed by atoms with van der Waals surface area (Å²) >= 11 is 0. The second-order valence-electron chi connectivity index (χ2n) is 7.11. The van der Waals surface area contributed by atoms with Crippen LogP contribution in [-0.2, 0) is 22.7 Å². The molecular weight excluding hydrogens is 413 g/mol. The number of esters is 1. The number of benzene rings is 1. The van der Waals surface area contributed by atoms with Gasteiger partial charge in [-0.2, -0.15) is 13.2 Å². The van der Waals surface area contributed by atoms with Gasteiger partial charge in [0.2, 0.25) is 5.88 Å². The molecule has 3 aromatic rings. The summed E-state index contributed by atoms with van der Waals surface area (Å²) in [6.45, 7) is 6.54. The largest absolute Gasteiger partial charge is 0.491 e. The Hall–Kier alpha value is -3.07. The molecule has 0 bridgehead atoms. The summed E-state index contributed by atoms with van der Waals surface area (Å²) in [6.07, 6.45) is -4.03. The number of alkyl halides is 3. The fourth-order valence-electron chi connectivity index (χ4n) is 3.35. The van der Waals surface area contributed by atoms with Crippen LogP contribution >= 0.6 is 0 Å². The summed E-state index contributed by atoms with van der Waals surface area (Å²) in [6, 6.07) is 7.69. The van der Waals surface area contributed by atoms with E-state index in [2.05, 4.69) is 9.72 Å². The van der Waals surface area contributed by atoms with Gasteiger partial charge in [-0.25, -0.2) is 9.78 Å². The Morgan fingerprint density at radius 3 is 2.52 bits per heavy atom. The van der Waals surface area contributed by atoms with E-state index in [1.807, 2.05) is 42.7 Å². The molecule has 9 heteroatoms. The number of carbonyl (C=O) groups excluding carboxylic acids is 1. The fourth-order valence-corrected chi connectivity index (χ4v) is 3.35. The number of nitrogens with zero attached hydrogens (tertiary/aromatic N) is 2. The lowest BCUT2D eigenvalue weighted by Gasteiger charge is -2.14. The van der Waals surface area contributed by atoms with Crippen LogP contribution in [0, 0.1) is 20.8 Å². The van der Waals surface area contributed by atoms with Gasteiger partial charge in [0.25, 0.3) is 0 Å². The minimum Gasteiger partial charge on any atom is -0.471 e. The maximum absolute atomic E-state index is 12.8. The Morgan fingerprint density at radius 1 is 1.16 bits per heavy atom. The van der Waals surface area contributed by atoms with Crippen molar-refractivity contribution in [2.45, 2.75) is 40.1 Å². The highest BCUT2D eigenvalue weighted by Gasteiger charge is 2.42. The minimum absolute atomic E-state index is 0.226. The van der Waals surface area contributed by atoms with Crippen LogP contribution in [0.2, 0.25) is 0 Å². The smallest absolute Gasteiger partial charge is 0.471 e. The van der Waals surface area contributed by atoms with E-state index >= 15 is 0 Å². The van der Waals surface area contributed by atoms with Crippen LogP contribution < -0.4 is 9.47 Å². The standard InChI is InChI=1S/C22H23F3N2O4/c1-13-7-5-6-8-16(13)12-30-20-19-18(14(2)15(3)27(19)9-10-29-4)17(11-26-20)31-21(28)22(23,24)25/h5-8,11H,9-10,12H2,1-4H3. The van der Waals surface area contributed by atoms with Crippen molar-refractivity contribution in [2.24, 2.45) is 0 Å². The fraction of sp³-hybridized carbons (Fsp3) is 0.364. The van der Waals surface area contributed by atoms with Gasteiger partial charge in [0, 0.05) is 19.3 Å². The summed E-state index contributed by atoms with van der Waals surface area (Å²) in [5.74, 6) is -2.33. The third kappa shape index (κ3) is 4.66. The molecule has 0 aliphatic carbocycles. The Balaban J connectivity index is 2.10. The average Bonchev–Trinajstić information content (AvgIpc) is 2.97. The van der Waals surface area contributed by atoms with Crippen LogP contribution in [0.4, 0.5) is 13.2 Å². The first-order chi connectivity index (χ1) is 14.6. The van der Waals surface area contributed by atoms with Crippen molar-refractivity contribution < 1.29 is 32.2 Å². The molecule has 2 heterocycles. The molecule has 3 rings (SSSR count). The van der Waals surface area contributed by atoms with E-state index < -0.39 is 12.1 Å². The molecule has 0 spiro atoms. The summed E-state index contributed by atoms with van der Waals surface area (Å²) in [7, 11) is 1.55. The first kappa shape index (κ1) is 22.6. The van der Waals surface area contributed by atoms with Crippen LogP contribution in [0.3, 0.4) is 0 Å². The lowest BCUT2D eigenvalue weighted by Crippen LogP contribution is -2.28. The van der Waals surface area contributed by atoms with Crippen molar-refractivity contribution in [2.75, 3.05) is 13.7 Å². The van der Waals surface area contributed by atoms with Crippen molar-refractivity contribution in [1.29, 1.82) is 0 Å². The number of aryl methyl sites for hydroxylation is 2. The molecule has 0 atom stereocenters. The first-order valence-corrected chi connectivity index (χ1v) is 9.58. The van der Waals surface area contributed by atoms with Gasteiger partial charge in [-0.1, -0.05) is 24.3 Å². The van der Waals surface area contributed by atoms with Gasteiger partial charge in [0.15, 0.2) is 5.75 Å². The Morgan fingerprint density at radius 2 is 1.87 bits per heavy atom. The van der Waals surface area contributed by atoms with Crippen LogP contribution in [0.25, 0.3) is 10.9 Å². The van der Waals surface area contributed by atoms with E-state index in [4.69, 9.17) is 9.47 Å². The molecule has 0 aliphatic rings. The van der Waals surface area contributed by atoms with Gasteiger partial charge in [0.05, 0.1) is 18.2 Å². The number of carbonyl (C=O) groups is 1. The van der Waals surface area contributed by atoms with Gasteiger partial charge in [-0.05, 0) is 37.5 Å². The maximum Gasteiger partial charge on any atom is 0.491 e. The zero-order chi connectivity index (χ0) is 22.8. The molecule has 0 saturated carbocycles. The molecule has 6 nitrogen and oxygen atoms in total. The molecular formula is C22H23F3N2O4. The highest BCUT2D eigenvalue weighted by Crippen LogP contribution is 2.38. The van der Waals surface area contributed by atoms with Crippen LogP contribution in [-0.4, -0.2) is 35.4 Å². The van der Waals surface area contributed by atoms with Gasteiger partial charge in [-0.15, -0.1) is 0 Å². The molecule has 0 unspecified atom stereocenters. The predicted molar refractivity (Wildman–Crippen MR) is 108 cm³/mol. The van der Waals surface area contributed by atoms with Crippen molar-refractivity contribution in [1.82, 2.24) is 9.55 Å². The number of fused-ring (bicyclic) bond motifs is 1. The van der Waals surface area contributed by atoms with Crippen LogP contribution in [0.15, 0.2) is 30.5 Å². The maximum atomic E-state index is 12.8. The van der Waals surface area contributed by atoms with Crippen LogP contribution in [0.5, 0.6) is 11.6 Å². The van der Waals surface area contributed by atoms with E-state index in [0.29, 0.717) is 29.6 Å². The number of aromatic nitrogens is 2. The second kappa shape index (κ2) is 8.97. The van der Waals surface area contributed by atoms with Crippen molar-refractivity contribution >= 4 is 16.9 Å². The monoisotopic (exact) mass is 436 g/mol. The minimum atomic E-state index is -5.12. The number of ether oxygens (including phenoxy) is 3. The summed E-state index contributed by atoms with van der Waals surface area (Å²) < 4.78 is 55.9. The number of pyridine rings is 1. The van der Waals surface area contributed by atoms with Crippen LogP contribution in [0.1, 0.15) is 22.4 Å². The zero-order valence-corrected chi connectivity index (χ0v) is 17.7. The average molecular weight is 436 g/mol. The normalized spacial score (nSPS) is 11.7. The molecule has 0 radical (unpaired) electrons. The number of hydrogen-bond donors (Lipinski definition) is 0. The zero-order valence-electron chi connectivity index (χ0n) is 17.7. The third-order valence-electron chi connectivity index (χ3n) is 5.16. The van der Waals surface area contributed by atoms with Gasteiger partial charge >= 0.3 is 12.1 Å². The van der Waals surface area contributed by atoms with Crippen molar-refractivity contribution in [3.8, 4) is 11.6 Å². The van der Waals surface area contributed by atoms with Crippen molar-refractivity contribution in [3.63, 3.8) is 0 Å². The SMILES string of the molecule is COCCn1c(C)c(C)c2c(OC(=O)C(F)(F)F)cnc(OCc3ccccc3C)c21. The van der Waals surface area contributed by atoms with E-state index in [1.165, 1.54) is 0 Å². The third-order valence-corrected chi connectivity index (χ3v) is 5.16. The summed E-state index contributed by atoms with van der Waals surface area (Å²) in [5.41, 5.74) is 3.89. The second-order valence-corrected chi connectivity index (χ2v) is 7.11. The lowest BCUT2D eigenvalue weighted by molar-refractivity contribution is -0.189. The molecule has 2 aromatic heterocycles. The molecule has 0 aliphatic heterocycles. The number of hydrogen-bond acceptors (Lipinski definition) is 5. The topological polar surface area (TPSA) is 62.6 Å². The molecule has 1 aromatic carbocycles. The lowest BCUT2D eigenvalue weighted by atomic mass is 10.1. The summed E-state index contributed by atoms with van der Waals surface area (Å²) in [5, 5.41) is 0.348. The number of rotatable bonds is 7. The highest BCUT2D eigenvalue weighted by molar-refractivity contribution is 5.95.